The van der Waals surface area contributed by atoms with Crippen molar-refractivity contribution in [2.24, 2.45) is 0 Å². The van der Waals surface area contributed by atoms with Crippen LogP contribution >= 0.6 is 0 Å². The Kier molecular flexibility index (Phi) is 5.89. The largest absolute Gasteiger partial charge is 0.454 e. The molecule has 3 heterocycles. The fourth-order valence-corrected chi connectivity index (χ4v) is 5.25. The summed E-state index contributed by atoms with van der Waals surface area (Å²) in [6.45, 7) is 6.27. The molecule has 0 spiro atoms. The molecule has 0 aliphatic carbocycles. The maximum absolute atomic E-state index is 14.1. The molecule has 0 saturated carbocycles. The summed E-state index contributed by atoms with van der Waals surface area (Å²) >= 11 is 0. The molecule has 0 unspecified atom stereocenters. The maximum Gasteiger partial charge on any atom is 0.254 e. The van der Waals surface area contributed by atoms with Crippen molar-refractivity contribution in [2.45, 2.75) is 32.2 Å². The molecule has 0 radical (unpaired) electrons. The van der Waals surface area contributed by atoms with Gasteiger partial charge in [0.15, 0.2) is 11.5 Å². The van der Waals surface area contributed by atoms with Gasteiger partial charge in [-0.1, -0.05) is 31.2 Å². The Bertz CT molecular complexity index is 1130. The van der Waals surface area contributed by atoms with Crippen molar-refractivity contribution in [1.82, 2.24) is 14.7 Å². The van der Waals surface area contributed by atoms with Gasteiger partial charge in [0, 0.05) is 45.2 Å². The minimum Gasteiger partial charge on any atom is -0.454 e. The van der Waals surface area contributed by atoms with Gasteiger partial charge in [-0.15, -0.1) is 0 Å². The molecule has 2 aromatic carbocycles. The highest BCUT2D eigenvalue weighted by Gasteiger charge is 2.45. The summed E-state index contributed by atoms with van der Waals surface area (Å²) in [7, 11) is 0. The van der Waals surface area contributed by atoms with Crippen LogP contribution in [0, 0.1) is 0 Å². The van der Waals surface area contributed by atoms with Crippen LogP contribution in [-0.4, -0.2) is 71.9 Å². The quantitative estimate of drug-likeness (QED) is 0.697. The summed E-state index contributed by atoms with van der Waals surface area (Å²) in [6, 6.07) is 12.6. The number of rotatable bonds is 4. The second-order valence-corrected chi connectivity index (χ2v) is 8.95. The lowest BCUT2D eigenvalue weighted by Crippen LogP contribution is -2.54. The third-order valence-corrected chi connectivity index (χ3v) is 6.94. The van der Waals surface area contributed by atoms with E-state index in [0.29, 0.717) is 49.8 Å². The lowest BCUT2D eigenvalue weighted by Gasteiger charge is -2.44. The minimum absolute atomic E-state index is 0.0214. The predicted octanol–water partition coefficient (Wildman–Crippen LogP) is 2.80. The van der Waals surface area contributed by atoms with E-state index >= 15 is 0 Å². The fraction of sp³-hybridized carbons (Fsp3) is 0.423. The molecule has 178 valence electrons. The Morgan fingerprint density at radius 1 is 0.971 bits per heavy atom. The van der Waals surface area contributed by atoms with Crippen LogP contribution in [0.5, 0.6) is 11.5 Å². The monoisotopic (exact) mass is 463 g/mol. The van der Waals surface area contributed by atoms with Gasteiger partial charge >= 0.3 is 0 Å². The first-order chi connectivity index (χ1) is 16.5. The van der Waals surface area contributed by atoms with Crippen LogP contribution in [0.4, 0.5) is 0 Å². The molecule has 8 heteroatoms. The van der Waals surface area contributed by atoms with E-state index in [1.54, 1.807) is 11.8 Å². The van der Waals surface area contributed by atoms with E-state index in [-0.39, 0.29) is 24.5 Å². The standard InChI is InChI=1S/C26H29N3O5/c1-3-10-29-24(18-8-9-21-22(15-18)34-16-33-21)23(19-6-4-5-7-20(19)25(29)31)26(32)28-13-11-27(12-14-28)17(2)30/h4-9,15,23-24H,3,10-14,16H2,1-2H3/t23-,24-/m0/s1. The number of carbonyl (C=O) groups is 3. The third-order valence-electron chi connectivity index (χ3n) is 6.94. The molecule has 2 aromatic rings. The summed E-state index contributed by atoms with van der Waals surface area (Å²) in [4.78, 5) is 44.9. The summed E-state index contributed by atoms with van der Waals surface area (Å²) in [5, 5.41) is 0. The van der Waals surface area contributed by atoms with E-state index in [1.807, 2.05) is 59.2 Å². The normalized spacial score (nSPS) is 21.5. The first-order valence-electron chi connectivity index (χ1n) is 11.8. The van der Waals surface area contributed by atoms with Crippen molar-refractivity contribution in [2.75, 3.05) is 39.5 Å². The van der Waals surface area contributed by atoms with Crippen LogP contribution in [0.25, 0.3) is 0 Å². The molecule has 0 aromatic heterocycles. The highest BCUT2D eigenvalue weighted by Crippen LogP contribution is 2.46. The third kappa shape index (κ3) is 3.77. The smallest absolute Gasteiger partial charge is 0.254 e. The molecule has 5 rings (SSSR count). The predicted molar refractivity (Wildman–Crippen MR) is 125 cm³/mol. The Balaban J connectivity index is 1.58. The molecular formula is C26H29N3O5. The second kappa shape index (κ2) is 9.00. The van der Waals surface area contributed by atoms with Gasteiger partial charge in [-0.25, -0.2) is 0 Å². The van der Waals surface area contributed by atoms with Crippen molar-refractivity contribution in [3.63, 3.8) is 0 Å². The van der Waals surface area contributed by atoms with Crippen LogP contribution in [0.3, 0.4) is 0 Å². The number of carbonyl (C=O) groups excluding carboxylic acids is 3. The van der Waals surface area contributed by atoms with Crippen molar-refractivity contribution >= 4 is 17.7 Å². The molecule has 3 amide bonds. The molecule has 1 fully saturated rings. The van der Waals surface area contributed by atoms with Gasteiger partial charge in [0.25, 0.3) is 5.91 Å². The molecule has 3 aliphatic heterocycles. The number of ether oxygens (including phenoxy) is 2. The van der Waals surface area contributed by atoms with Gasteiger partial charge in [-0.3, -0.25) is 14.4 Å². The van der Waals surface area contributed by atoms with Gasteiger partial charge < -0.3 is 24.2 Å². The SMILES string of the molecule is CCCN1C(=O)c2ccccc2[C@H](C(=O)N2CCN(C(C)=O)CC2)[C@@H]1c1ccc2c(c1)OCO2. The van der Waals surface area contributed by atoms with E-state index < -0.39 is 12.0 Å². The molecule has 0 N–H and O–H groups in total. The topological polar surface area (TPSA) is 79.4 Å². The van der Waals surface area contributed by atoms with E-state index in [9.17, 15) is 14.4 Å². The first-order valence-corrected chi connectivity index (χ1v) is 11.8. The van der Waals surface area contributed by atoms with Gasteiger partial charge in [-0.2, -0.15) is 0 Å². The fourth-order valence-electron chi connectivity index (χ4n) is 5.25. The van der Waals surface area contributed by atoms with Crippen LogP contribution in [0.15, 0.2) is 42.5 Å². The molecule has 8 nitrogen and oxygen atoms in total. The zero-order valence-electron chi connectivity index (χ0n) is 19.5. The average molecular weight is 464 g/mol. The van der Waals surface area contributed by atoms with Gasteiger partial charge in [0.1, 0.15) is 0 Å². The van der Waals surface area contributed by atoms with Crippen molar-refractivity contribution in [3.05, 3.63) is 59.2 Å². The van der Waals surface area contributed by atoms with E-state index in [1.165, 1.54) is 0 Å². The number of hydrogen-bond donors (Lipinski definition) is 0. The summed E-state index contributed by atoms with van der Waals surface area (Å²) in [6.07, 6.45) is 0.771. The summed E-state index contributed by atoms with van der Waals surface area (Å²) in [5.41, 5.74) is 2.18. The lowest BCUT2D eigenvalue weighted by atomic mass is 9.78. The van der Waals surface area contributed by atoms with Crippen molar-refractivity contribution in [1.29, 1.82) is 0 Å². The Morgan fingerprint density at radius 2 is 1.68 bits per heavy atom. The van der Waals surface area contributed by atoms with Crippen LogP contribution < -0.4 is 9.47 Å². The summed E-state index contributed by atoms with van der Waals surface area (Å²) in [5.74, 6) is 0.674. The molecule has 3 aliphatic rings. The Hall–Kier alpha value is -3.55. The highest BCUT2D eigenvalue weighted by molar-refractivity contribution is 6.01. The Labute approximate surface area is 199 Å². The first kappa shape index (κ1) is 22.3. The van der Waals surface area contributed by atoms with E-state index in [2.05, 4.69) is 0 Å². The molecular weight excluding hydrogens is 434 g/mol. The minimum atomic E-state index is -0.551. The molecule has 34 heavy (non-hydrogen) atoms. The molecule has 0 bridgehead atoms. The zero-order valence-corrected chi connectivity index (χ0v) is 19.5. The van der Waals surface area contributed by atoms with E-state index in [0.717, 1.165) is 17.5 Å². The van der Waals surface area contributed by atoms with Crippen LogP contribution in [-0.2, 0) is 9.59 Å². The van der Waals surface area contributed by atoms with Crippen LogP contribution in [0.2, 0.25) is 0 Å². The van der Waals surface area contributed by atoms with Gasteiger partial charge in [0.2, 0.25) is 18.6 Å². The second-order valence-electron chi connectivity index (χ2n) is 8.95. The number of nitrogens with zero attached hydrogens (tertiary/aromatic N) is 3. The van der Waals surface area contributed by atoms with Gasteiger partial charge in [0.05, 0.1) is 12.0 Å². The van der Waals surface area contributed by atoms with E-state index in [4.69, 9.17) is 9.47 Å². The zero-order chi connectivity index (χ0) is 23.8. The number of hydrogen-bond acceptors (Lipinski definition) is 5. The number of benzene rings is 2. The number of piperazine rings is 1. The van der Waals surface area contributed by atoms with Gasteiger partial charge in [-0.05, 0) is 35.7 Å². The lowest BCUT2D eigenvalue weighted by molar-refractivity contribution is -0.140. The maximum atomic E-state index is 14.1. The Morgan fingerprint density at radius 3 is 2.41 bits per heavy atom. The van der Waals surface area contributed by atoms with Crippen molar-refractivity contribution < 1.29 is 23.9 Å². The molecule has 2 atom stereocenters. The van der Waals surface area contributed by atoms with Crippen LogP contribution in [0.1, 0.15) is 53.7 Å². The number of amides is 3. The summed E-state index contributed by atoms with van der Waals surface area (Å²) < 4.78 is 11.1. The highest BCUT2D eigenvalue weighted by atomic mass is 16.7. The van der Waals surface area contributed by atoms with Crippen molar-refractivity contribution in [3.8, 4) is 11.5 Å². The molecule has 1 saturated heterocycles. The number of fused-ring (bicyclic) bond motifs is 2. The average Bonchev–Trinajstić information content (AvgIpc) is 3.33.